The second-order valence-electron chi connectivity index (χ2n) is 3.13. The molecule has 2 atom stereocenters. The van der Waals surface area contributed by atoms with Crippen LogP contribution < -0.4 is 5.32 Å². The fourth-order valence-corrected chi connectivity index (χ4v) is 1.45. The molecule has 0 bridgehead atoms. The SMILES string of the molecule is COC(=O)C1(C(F)(F)F)CC(O)CN1.Cl. The molecule has 15 heavy (non-hydrogen) atoms. The second-order valence-corrected chi connectivity index (χ2v) is 3.13. The third kappa shape index (κ3) is 2.35. The molecule has 2 N–H and O–H groups in total. The van der Waals surface area contributed by atoms with E-state index in [4.69, 9.17) is 5.11 Å². The Morgan fingerprint density at radius 2 is 2.13 bits per heavy atom. The number of rotatable bonds is 1. The van der Waals surface area contributed by atoms with Crippen molar-refractivity contribution in [2.24, 2.45) is 0 Å². The summed E-state index contributed by atoms with van der Waals surface area (Å²) in [5, 5.41) is 11.0. The van der Waals surface area contributed by atoms with Crippen LogP contribution in [-0.4, -0.2) is 42.5 Å². The lowest BCUT2D eigenvalue weighted by Gasteiger charge is -2.28. The highest BCUT2D eigenvalue weighted by Crippen LogP contribution is 2.37. The molecule has 0 amide bonds. The molecule has 1 aliphatic rings. The molecule has 2 unspecified atom stereocenters. The summed E-state index contributed by atoms with van der Waals surface area (Å²) < 4.78 is 41.7. The van der Waals surface area contributed by atoms with Crippen LogP contribution in [0.4, 0.5) is 13.2 Å². The molecular formula is C7H11ClF3NO3. The number of carbonyl (C=O) groups is 1. The molecule has 1 heterocycles. The number of hydrogen-bond acceptors (Lipinski definition) is 4. The van der Waals surface area contributed by atoms with E-state index in [1.807, 2.05) is 5.32 Å². The molecule has 0 aromatic heterocycles. The van der Waals surface area contributed by atoms with Crippen LogP contribution in [0.15, 0.2) is 0 Å². The van der Waals surface area contributed by atoms with E-state index in [-0.39, 0.29) is 19.0 Å². The van der Waals surface area contributed by atoms with E-state index in [0.29, 0.717) is 0 Å². The summed E-state index contributed by atoms with van der Waals surface area (Å²) in [6, 6.07) is 0. The van der Waals surface area contributed by atoms with Gasteiger partial charge in [-0.05, 0) is 0 Å². The number of nitrogens with one attached hydrogen (secondary N) is 1. The highest BCUT2D eigenvalue weighted by atomic mass is 35.5. The van der Waals surface area contributed by atoms with Crippen molar-refractivity contribution < 1.29 is 27.8 Å². The fraction of sp³-hybridized carbons (Fsp3) is 0.857. The number of aliphatic hydroxyl groups excluding tert-OH is 1. The van der Waals surface area contributed by atoms with Crippen molar-refractivity contribution in [1.82, 2.24) is 5.32 Å². The van der Waals surface area contributed by atoms with Crippen LogP contribution in [-0.2, 0) is 9.53 Å². The first-order valence-electron chi connectivity index (χ1n) is 3.92. The minimum absolute atomic E-state index is 0. The van der Waals surface area contributed by atoms with Crippen LogP contribution in [0.1, 0.15) is 6.42 Å². The molecule has 1 saturated heterocycles. The summed E-state index contributed by atoms with van der Waals surface area (Å²) >= 11 is 0. The van der Waals surface area contributed by atoms with Gasteiger partial charge in [0.2, 0.25) is 5.54 Å². The molecule has 0 saturated carbocycles. The van der Waals surface area contributed by atoms with E-state index in [1.165, 1.54) is 0 Å². The number of carbonyl (C=O) groups excluding carboxylic acids is 1. The van der Waals surface area contributed by atoms with Gasteiger partial charge in [-0.3, -0.25) is 5.32 Å². The molecule has 0 radical (unpaired) electrons. The van der Waals surface area contributed by atoms with Gasteiger partial charge >= 0.3 is 12.1 Å². The number of esters is 1. The standard InChI is InChI=1S/C7H10F3NO3.ClH/c1-14-5(13)6(7(8,9)10)2-4(12)3-11-6;/h4,11-12H,2-3H2,1H3;1H. The molecule has 1 aliphatic heterocycles. The normalized spacial score (nSPS) is 30.9. The smallest absolute Gasteiger partial charge is 0.417 e. The topological polar surface area (TPSA) is 58.6 Å². The summed E-state index contributed by atoms with van der Waals surface area (Å²) in [4.78, 5) is 11.0. The highest BCUT2D eigenvalue weighted by Gasteiger charge is 2.64. The summed E-state index contributed by atoms with van der Waals surface area (Å²) in [6.07, 6.45) is -6.66. The largest absolute Gasteiger partial charge is 0.467 e. The Balaban J connectivity index is 0.00000196. The molecular weight excluding hydrogens is 239 g/mol. The number of methoxy groups -OCH3 is 1. The first-order chi connectivity index (χ1) is 6.33. The molecule has 0 aromatic carbocycles. The van der Waals surface area contributed by atoms with E-state index in [9.17, 15) is 18.0 Å². The summed E-state index contributed by atoms with van der Waals surface area (Å²) in [5.74, 6) is -1.42. The Bertz CT molecular complexity index is 248. The number of β-amino-alcohol motifs (C(OH)–C–C–N with tert-alkyl or cyclic N) is 1. The van der Waals surface area contributed by atoms with Crippen molar-refractivity contribution in [2.75, 3.05) is 13.7 Å². The van der Waals surface area contributed by atoms with Crippen LogP contribution in [0.25, 0.3) is 0 Å². The quantitative estimate of drug-likeness (QED) is 0.654. The van der Waals surface area contributed by atoms with Gasteiger partial charge in [-0.1, -0.05) is 0 Å². The van der Waals surface area contributed by atoms with Crippen LogP contribution in [0, 0.1) is 0 Å². The maximum absolute atomic E-state index is 12.6. The van der Waals surface area contributed by atoms with Gasteiger partial charge in [0.25, 0.3) is 0 Å². The number of aliphatic hydroxyl groups is 1. The lowest BCUT2D eigenvalue weighted by atomic mass is 9.96. The zero-order chi connectivity index (χ0) is 11.0. The van der Waals surface area contributed by atoms with Crippen LogP contribution in [0.5, 0.6) is 0 Å². The third-order valence-electron chi connectivity index (χ3n) is 2.20. The minimum Gasteiger partial charge on any atom is -0.467 e. The maximum Gasteiger partial charge on any atom is 0.417 e. The molecule has 0 spiro atoms. The van der Waals surface area contributed by atoms with E-state index >= 15 is 0 Å². The number of alkyl halides is 3. The highest BCUT2D eigenvalue weighted by molar-refractivity contribution is 5.85. The van der Waals surface area contributed by atoms with Crippen molar-refractivity contribution in [2.45, 2.75) is 24.2 Å². The lowest BCUT2D eigenvalue weighted by molar-refractivity contribution is -0.209. The third-order valence-corrected chi connectivity index (χ3v) is 2.20. The van der Waals surface area contributed by atoms with Crippen molar-refractivity contribution >= 4 is 18.4 Å². The minimum atomic E-state index is -4.77. The van der Waals surface area contributed by atoms with Crippen molar-refractivity contribution in [1.29, 1.82) is 0 Å². The van der Waals surface area contributed by atoms with Crippen molar-refractivity contribution in [3.05, 3.63) is 0 Å². The summed E-state index contributed by atoms with van der Waals surface area (Å²) in [6.45, 7) is -0.269. The predicted octanol–water partition coefficient (Wildman–Crippen LogP) is 0.236. The van der Waals surface area contributed by atoms with Gasteiger partial charge in [0.15, 0.2) is 0 Å². The van der Waals surface area contributed by atoms with E-state index in [2.05, 4.69) is 4.74 Å². The fourth-order valence-electron chi connectivity index (χ4n) is 1.45. The molecule has 8 heteroatoms. The van der Waals surface area contributed by atoms with Gasteiger partial charge < -0.3 is 9.84 Å². The van der Waals surface area contributed by atoms with E-state index in [1.54, 1.807) is 0 Å². The summed E-state index contributed by atoms with van der Waals surface area (Å²) in [5.41, 5.74) is -2.75. The van der Waals surface area contributed by atoms with Gasteiger partial charge in [-0.2, -0.15) is 13.2 Å². The first kappa shape index (κ1) is 14.5. The average molecular weight is 250 g/mol. The van der Waals surface area contributed by atoms with Gasteiger partial charge in [0, 0.05) is 13.0 Å². The molecule has 0 aromatic rings. The van der Waals surface area contributed by atoms with Crippen LogP contribution in [0.2, 0.25) is 0 Å². The zero-order valence-electron chi connectivity index (χ0n) is 7.80. The van der Waals surface area contributed by atoms with Gasteiger partial charge in [-0.15, -0.1) is 12.4 Å². The monoisotopic (exact) mass is 249 g/mol. The van der Waals surface area contributed by atoms with Crippen molar-refractivity contribution in [3.63, 3.8) is 0 Å². The number of ether oxygens (including phenoxy) is 1. The van der Waals surface area contributed by atoms with Crippen LogP contribution >= 0.6 is 12.4 Å². The average Bonchev–Trinajstić information content (AvgIpc) is 2.46. The Labute approximate surface area is 90.2 Å². The number of hydrogen-bond donors (Lipinski definition) is 2. The Kier molecular flexibility index (Phi) is 4.38. The number of halogens is 4. The first-order valence-corrected chi connectivity index (χ1v) is 3.92. The lowest BCUT2D eigenvalue weighted by Crippen LogP contribution is -2.59. The molecule has 1 rings (SSSR count). The van der Waals surface area contributed by atoms with Gasteiger partial charge in [0.05, 0.1) is 13.2 Å². The molecule has 90 valence electrons. The van der Waals surface area contributed by atoms with E-state index in [0.717, 1.165) is 7.11 Å². The Hall–Kier alpha value is -0.530. The zero-order valence-corrected chi connectivity index (χ0v) is 8.61. The molecule has 0 aliphatic carbocycles. The second kappa shape index (κ2) is 4.54. The van der Waals surface area contributed by atoms with Crippen molar-refractivity contribution in [3.8, 4) is 0 Å². The molecule has 4 nitrogen and oxygen atoms in total. The van der Waals surface area contributed by atoms with E-state index < -0.39 is 30.2 Å². The van der Waals surface area contributed by atoms with Gasteiger partial charge in [-0.25, -0.2) is 4.79 Å². The predicted molar refractivity (Wildman–Crippen MR) is 46.7 cm³/mol. The molecule has 1 fully saturated rings. The van der Waals surface area contributed by atoms with Gasteiger partial charge in [0.1, 0.15) is 0 Å². The summed E-state index contributed by atoms with van der Waals surface area (Å²) in [7, 11) is 0.877. The maximum atomic E-state index is 12.6. The Morgan fingerprint density at radius 1 is 1.60 bits per heavy atom. The Morgan fingerprint density at radius 3 is 2.40 bits per heavy atom. The van der Waals surface area contributed by atoms with Crippen LogP contribution in [0.3, 0.4) is 0 Å².